The van der Waals surface area contributed by atoms with E-state index in [0.29, 0.717) is 18.7 Å². The van der Waals surface area contributed by atoms with Gasteiger partial charge in [0, 0.05) is 23.7 Å². The maximum atomic E-state index is 10.7. The minimum Gasteiger partial charge on any atom is -0.391 e. The molecule has 1 N–H and O–H groups in total. The lowest BCUT2D eigenvalue weighted by molar-refractivity contribution is -0.384. The van der Waals surface area contributed by atoms with Crippen molar-refractivity contribution < 1.29 is 10.0 Å². The van der Waals surface area contributed by atoms with Crippen molar-refractivity contribution >= 4 is 22.7 Å². The molecule has 1 aromatic carbocycles. The zero-order chi connectivity index (χ0) is 15.4. The Bertz CT molecular complexity index is 705. The van der Waals surface area contributed by atoms with Gasteiger partial charge < -0.3 is 9.67 Å². The molecule has 2 aromatic rings. The van der Waals surface area contributed by atoms with Gasteiger partial charge in [-0.15, -0.1) is 11.3 Å². The Morgan fingerprint density at radius 1 is 1.52 bits per heavy atom. The van der Waals surface area contributed by atoms with Crippen LogP contribution in [0, 0.1) is 17.0 Å². The highest BCUT2D eigenvalue weighted by molar-refractivity contribution is 7.07. The Balaban J connectivity index is 2.36. The van der Waals surface area contributed by atoms with Gasteiger partial charge in [-0.05, 0) is 25.0 Å². The molecule has 0 aliphatic rings. The summed E-state index contributed by atoms with van der Waals surface area (Å²) < 4.78 is 1.89. The van der Waals surface area contributed by atoms with E-state index in [1.165, 1.54) is 23.5 Å². The van der Waals surface area contributed by atoms with Gasteiger partial charge in [0.2, 0.25) is 0 Å². The van der Waals surface area contributed by atoms with E-state index in [9.17, 15) is 15.2 Å². The molecule has 0 bridgehead atoms. The van der Waals surface area contributed by atoms with E-state index in [-0.39, 0.29) is 5.69 Å². The number of hydrogen-bond acceptors (Lipinski definition) is 5. The van der Waals surface area contributed by atoms with Crippen LogP contribution in [-0.4, -0.2) is 20.7 Å². The summed E-state index contributed by atoms with van der Waals surface area (Å²) in [5, 5.41) is 22.4. The first-order valence-electron chi connectivity index (χ1n) is 6.63. The Kier molecular flexibility index (Phi) is 4.87. The number of hydrogen-bond donors (Lipinski definition) is 1. The summed E-state index contributed by atoms with van der Waals surface area (Å²) in [4.78, 5) is 15.6. The summed E-state index contributed by atoms with van der Waals surface area (Å²) in [7, 11) is 0. The number of nitro groups is 1. The molecule has 0 amide bonds. The van der Waals surface area contributed by atoms with Crippen molar-refractivity contribution in [1.82, 2.24) is 4.57 Å². The lowest BCUT2D eigenvalue weighted by Crippen LogP contribution is -2.22. The minimum absolute atomic E-state index is 0.0620. The third kappa shape index (κ3) is 3.77. The smallest absolute Gasteiger partial charge is 0.269 e. The molecule has 0 saturated heterocycles. The minimum atomic E-state index is -0.417. The molecule has 0 radical (unpaired) electrons. The van der Waals surface area contributed by atoms with Gasteiger partial charge in [0.1, 0.15) is 0 Å². The highest BCUT2D eigenvalue weighted by atomic mass is 32.1. The molecule has 0 aliphatic carbocycles. The molecule has 21 heavy (non-hydrogen) atoms. The van der Waals surface area contributed by atoms with Crippen molar-refractivity contribution in [2.45, 2.75) is 32.9 Å². The number of nitrogens with zero attached hydrogens (tertiary/aromatic N) is 3. The molecular formula is C14H17N3O3S. The summed E-state index contributed by atoms with van der Waals surface area (Å²) >= 11 is 1.47. The van der Waals surface area contributed by atoms with Crippen LogP contribution in [0.25, 0.3) is 0 Å². The van der Waals surface area contributed by atoms with Crippen LogP contribution < -0.4 is 4.80 Å². The standard InChI is InChI=1S/C14H17N3O3S/c1-3-12(18)9-16-6-7-21-14(16)15-13-5-4-11(17(19)20)8-10(13)2/h4-8,12,18H,3,9H2,1-2H3. The van der Waals surface area contributed by atoms with Gasteiger partial charge in [-0.1, -0.05) is 6.92 Å². The second-order valence-electron chi connectivity index (χ2n) is 4.74. The third-order valence-corrected chi connectivity index (χ3v) is 3.94. The predicted molar refractivity (Wildman–Crippen MR) is 81.7 cm³/mol. The Labute approximate surface area is 126 Å². The molecule has 2 rings (SSSR count). The molecule has 7 heteroatoms. The zero-order valence-electron chi connectivity index (χ0n) is 11.9. The summed E-state index contributed by atoms with van der Waals surface area (Å²) in [5.41, 5.74) is 1.51. The summed E-state index contributed by atoms with van der Waals surface area (Å²) in [6.07, 6.45) is 2.15. The molecule has 1 atom stereocenters. The van der Waals surface area contributed by atoms with E-state index in [4.69, 9.17) is 0 Å². The number of benzene rings is 1. The van der Waals surface area contributed by atoms with Gasteiger partial charge in [0.05, 0.1) is 23.3 Å². The second-order valence-corrected chi connectivity index (χ2v) is 5.61. The SMILES string of the molecule is CCC(O)Cn1ccsc1=Nc1ccc([N+](=O)[O-])cc1C. The Morgan fingerprint density at radius 2 is 2.29 bits per heavy atom. The van der Waals surface area contributed by atoms with Crippen molar-refractivity contribution in [3.8, 4) is 0 Å². The lowest BCUT2D eigenvalue weighted by atomic mass is 10.2. The molecule has 0 fully saturated rings. The van der Waals surface area contributed by atoms with Crippen LogP contribution in [0.4, 0.5) is 11.4 Å². The number of nitro benzene ring substituents is 1. The van der Waals surface area contributed by atoms with E-state index >= 15 is 0 Å². The number of rotatable bonds is 5. The van der Waals surface area contributed by atoms with E-state index in [1.807, 2.05) is 23.1 Å². The van der Waals surface area contributed by atoms with Crippen LogP contribution in [0.15, 0.2) is 34.8 Å². The molecule has 112 valence electrons. The molecule has 0 saturated carbocycles. The highest BCUT2D eigenvalue weighted by Gasteiger charge is 2.08. The normalized spacial score (nSPS) is 13.4. The first-order chi connectivity index (χ1) is 10.0. The van der Waals surface area contributed by atoms with Gasteiger partial charge in [0.15, 0.2) is 4.80 Å². The van der Waals surface area contributed by atoms with Gasteiger partial charge in [-0.25, -0.2) is 4.99 Å². The molecule has 1 heterocycles. The predicted octanol–water partition coefficient (Wildman–Crippen LogP) is 2.77. The van der Waals surface area contributed by atoms with E-state index in [1.54, 1.807) is 13.0 Å². The van der Waals surface area contributed by atoms with Crippen LogP contribution in [0.5, 0.6) is 0 Å². The van der Waals surface area contributed by atoms with E-state index in [2.05, 4.69) is 4.99 Å². The maximum Gasteiger partial charge on any atom is 0.269 e. The maximum absolute atomic E-state index is 10.7. The van der Waals surface area contributed by atoms with Crippen LogP contribution in [-0.2, 0) is 6.54 Å². The van der Waals surface area contributed by atoms with Crippen molar-refractivity contribution in [3.63, 3.8) is 0 Å². The van der Waals surface area contributed by atoms with Gasteiger partial charge in [-0.3, -0.25) is 10.1 Å². The van der Waals surface area contributed by atoms with E-state index < -0.39 is 11.0 Å². The molecule has 6 nitrogen and oxygen atoms in total. The zero-order valence-corrected chi connectivity index (χ0v) is 12.7. The lowest BCUT2D eigenvalue weighted by Gasteiger charge is -2.08. The second kappa shape index (κ2) is 6.64. The van der Waals surface area contributed by atoms with Crippen molar-refractivity contribution in [3.05, 3.63) is 50.3 Å². The quantitative estimate of drug-likeness (QED) is 0.681. The number of aryl methyl sites for hydroxylation is 1. The first kappa shape index (κ1) is 15.4. The first-order valence-corrected chi connectivity index (χ1v) is 7.51. The number of aliphatic hydroxyl groups excluding tert-OH is 1. The summed E-state index contributed by atoms with van der Waals surface area (Å²) in [6.45, 7) is 4.21. The molecule has 0 spiro atoms. The van der Waals surface area contributed by atoms with Crippen LogP contribution in [0.2, 0.25) is 0 Å². The molecule has 1 unspecified atom stereocenters. The van der Waals surface area contributed by atoms with Gasteiger partial charge in [-0.2, -0.15) is 0 Å². The molecular weight excluding hydrogens is 290 g/mol. The monoisotopic (exact) mass is 307 g/mol. The van der Waals surface area contributed by atoms with Crippen molar-refractivity contribution in [2.75, 3.05) is 0 Å². The number of aliphatic hydroxyl groups is 1. The highest BCUT2D eigenvalue weighted by Crippen LogP contribution is 2.23. The molecule has 1 aromatic heterocycles. The fourth-order valence-electron chi connectivity index (χ4n) is 1.86. The van der Waals surface area contributed by atoms with E-state index in [0.717, 1.165) is 10.4 Å². The van der Waals surface area contributed by atoms with Crippen molar-refractivity contribution in [2.24, 2.45) is 4.99 Å². The average molecular weight is 307 g/mol. The number of aromatic nitrogens is 1. The van der Waals surface area contributed by atoms with Crippen LogP contribution in [0.3, 0.4) is 0 Å². The van der Waals surface area contributed by atoms with Crippen molar-refractivity contribution in [1.29, 1.82) is 0 Å². The van der Waals surface area contributed by atoms with Crippen LogP contribution >= 0.6 is 11.3 Å². The van der Waals surface area contributed by atoms with Crippen LogP contribution in [0.1, 0.15) is 18.9 Å². The fraction of sp³-hybridized carbons (Fsp3) is 0.357. The van der Waals surface area contributed by atoms with Gasteiger partial charge in [0.25, 0.3) is 5.69 Å². The fourth-order valence-corrected chi connectivity index (χ4v) is 2.61. The van der Waals surface area contributed by atoms with Gasteiger partial charge >= 0.3 is 0 Å². The summed E-state index contributed by atoms with van der Waals surface area (Å²) in [6, 6.07) is 4.61. The number of non-ortho nitro benzene ring substituents is 1. The molecule has 0 aliphatic heterocycles. The summed E-state index contributed by atoms with van der Waals surface area (Å²) in [5.74, 6) is 0. The Hall–Kier alpha value is -1.99. The Morgan fingerprint density at radius 3 is 2.90 bits per heavy atom. The largest absolute Gasteiger partial charge is 0.391 e. The third-order valence-electron chi connectivity index (χ3n) is 3.15. The number of thiazole rings is 1. The topological polar surface area (TPSA) is 80.7 Å². The average Bonchev–Trinajstić information content (AvgIpc) is 2.87.